The molecule has 0 spiro atoms. The van der Waals surface area contributed by atoms with E-state index >= 15 is 0 Å². The number of pyridine rings is 1. The highest BCUT2D eigenvalue weighted by molar-refractivity contribution is 5.95. The van der Waals surface area contributed by atoms with Gasteiger partial charge in [0.25, 0.3) is 5.91 Å². The van der Waals surface area contributed by atoms with Gasteiger partial charge in [-0.25, -0.2) is 9.50 Å². The Kier molecular flexibility index (Phi) is 4.23. The maximum absolute atomic E-state index is 12.8. The highest BCUT2D eigenvalue weighted by atomic mass is 16.2. The standard InChI is InChI=1S/C20H19N5O/c1-23(20(26)17-8-11-25-18(13-17)7-9-22-25)15-19-21-10-12-24(19)14-16-5-3-2-4-6-16/h2-13H,14-15H2,1H3. The van der Waals surface area contributed by atoms with Crippen molar-refractivity contribution in [3.05, 3.63) is 90.3 Å². The van der Waals surface area contributed by atoms with Crippen LogP contribution in [-0.2, 0) is 13.1 Å². The second-order valence-electron chi connectivity index (χ2n) is 6.23. The van der Waals surface area contributed by atoms with E-state index in [0.29, 0.717) is 12.1 Å². The molecule has 4 aromatic rings. The lowest BCUT2D eigenvalue weighted by Gasteiger charge is -2.18. The Morgan fingerprint density at radius 1 is 1.08 bits per heavy atom. The van der Waals surface area contributed by atoms with Crippen molar-refractivity contribution in [3.63, 3.8) is 0 Å². The van der Waals surface area contributed by atoms with Crippen molar-refractivity contribution >= 4 is 11.4 Å². The first-order valence-corrected chi connectivity index (χ1v) is 8.43. The van der Waals surface area contributed by atoms with Crippen molar-refractivity contribution in [1.82, 2.24) is 24.1 Å². The number of imidazole rings is 1. The van der Waals surface area contributed by atoms with E-state index in [0.717, 1.165) is 17.9 Å². The fourth-order valence-corrected chi connectivity index (χ4v) is 2.97. The molecule has 0 unspecified atom stereocenters. The van der Waals surface area contributed by atoms with Crippen molar-refractivity contribution < 1.29 is 4.79 Å². The quantitative estimate of drug-likeness (QED) is 0.559. The molecule has 3 heterocycles. The predicted molar refractivity (Wildman–Crippen MR) is 98.8 cm³/mol. The summed E-state index contributed by atoms with van der Waals surface area (Å²) in [6, 6.07) is 15.7. The Morgan fingerprint density at radius 3 is 2.77 bits per heavy atom. The van der Waals surface area contributed by atoms with Gasteiger partial charge < -0.3 is 9.47 Å². The summed E-state index contributed by atoms with van der Waals surface area (Å²) in [5.41, 5.74) is 2.74. The molecule has 130 valence electrons. The Morgan fingerprint density at radius 2 is 1.92 bits per heavy atom. The normalized spacial score (nSPS) is 11.0. The van der Waals surface area contributed by atoms with Gasteiger partial charge in [-0.15, -0.1) is 0 Å². The molecule has 6 nitrogen and oxygen atoms in total. The Labute approximate surface area is 151 Å². The largest absolute Gasteiger partial charge is 0.334 e. The van der Waals surface area contributed by atoms with E-state index < -0.39 is 0 Å². The first-order valence-electron chi connectivity index (χ1n) is 8.43. The average Bonchev–Trinajstić information content (AvgIpc) is 3.30. The summed E-state index contributed by atoms with van der Waals surface area (Å²) in [6.45, 7) is 1.18. The fourth-order valence-electron chi connectivity index (χ4n) is 2.97. The third-order valence-corrected chi connectivity index (χ3v) is 4.37. The lowest BCUT2D eigenvalue weighted by molar-refractivity contribution is 0.0780. The second kappa shape index (κ2) is 6.84. The van der Waals surface area contributed by atoms with Crippen LogP contribution in [0.3, 0.4) is 0 Å². The molecule has 0 saturated heterocycles. The summed E-state index contributed by atoms with van der Waals surface area (Å²) in [6.07, 6.45) is 7.23. The van der Waals surface area contributed by atoms with E-state index in [9.17, 15) is 4.79 Å². The zero-order valence-corrected chi connectivity index (χ0v) is 14.5. The Hall–Kier alpha value is -3.41. The summed E-state index contributed by atoms with van der Waals surface area (Å²) in [4.78, 5) is 18.9. The van der Waals surface area contributed by atoms with Gasteiger partial charge in [0.15, 0.2) is 0 Å². The van der Waals surface area contributed by atoms with Gasteiger partial charge in [0.1, 0.15) is 5.82 Å². The minimum atomic E-state index is -0.0389. The zero-order chi connectivity index (χ0) is 17.9. The lowest BCUT2D eigenvalue weighted by atomic mass is 10.2. The lowest BCUT2D eigenvalue weighted by Crippen LogP contribution is -2.28. The second-order valence-corrected chi connectivity index (χ2v) is 6.23. The Balaban J connectivity index is 1.50. The molecule has 0 aliphatic heterocycles. The molecule has 0 aliphatic rings. The minimum Gasteiger partial charge on any atom is -0.334 e. The molecule has 0 saturated carbocycles. The van der Waals surface area contributed by atoms with Gasteiger partial charge in [-0.05, 0) is 23.8 Å². The third-order valence-electron chi connectivity index (χ3n) is 4.37. The van der Waals surface area contributed by atoms with E-state index in [4.69, 9.17) is 0 Å². The number of carbonyl (C=O) groups excluding carboxylic acids is 1. The smallest absolute Gasteiger partial charge is 0.254 e. The summed E-state index contributed by atoms with van der Waals surface area (Å²) >= 11 is 0. The van der Waals surface area contributed by atoms with E-state index in [1.54, 1.807) is 41.1 Å². The molecule has 0 fully saturated rings. The summed E-state index contributed by atoms with van der Waals surface area (Å²) in [5, 5.41) is 4.15. The van der Waals surface area contributed by atoms with E-state index in [-0.39, 0.29) is 5.91 Å². The number of nitrogens with zero attached hydrogens (tertiary/aromatic N) is 5. The average molecular weight is 345 g/mol. The van der Waals surface area contributed by atoms with Crippen LogP contribution in [0.15, 0.2) is 73.3 Å². The van der Waals surface area contributed by atoms with Gasteiger partial charge in [-0.3, -0.25) is 4.79 Å². The van der Waals surface area contributed by atoms with Gasteiger partial charge in [0, 0.05) is 43.9 Å². The van der Waals surface area contributed by atoms with Crippen molar-refractivity contribution in [2.24, 2.45) is 0 Å². The van der Waals surface area contributed by atoms with Gasteiger partial charge >= 0.3 is 0 Å². The van der Waals surface area contributed by atoms with Gasteiger partial charge in [0.2, 0.25) is 0 Å². The van der Waals surface area contributed by atoms with Crippen LogP contribution >= 0.6 is 0 Å². The van der Waals surface area contributed by atoms with Gasteiger partial charge in [0.05, 0.1) is 12.1 Å². The van der Waals surface area contributed by atoms with Crippen molar-refractivity contribution in [1.29, 1.82) is 0 Å². The predicted octanol–water partition coefficient (Wildman–Crippen LogP) is 2.85. The zero-order valence-electron chi connectivity index (χ0n) is 14.5. The van der Waals surface area contributed by atoms with E-state index in [2.05, 4.69) is 26.8 Å². The van der Waals surface area contributed by atoms with Crippen molar-refractivity contribution in [2.75, 3.05) is 7.05 Å². The topological polar surface area (TPSA) is 55.4 Å². The Bertz CT molecular complexity index is 1030. The number of amides is 1. The fraction of sp³-hybridized carbons (Fsp3) is 0.150. The highest BCUT2D eigenvalue weighted by Crippen LogP contribution is 2.12. The molecule has 1 aromatic carbocycles. The van der Waals surface area contributed by atoms with Gasteiger partial charge in [-0.2, -0.15) is 5.10 Å². The molecule has 26 heavy (non-hydrogen) atoms. The van der Waals surface area contributed by atoms with E-state index in [1.807, 2.05) is 36.5 Å². The number of aromatic nitrogens is 4. The molecule has 1 amide bonds. The van der Waals surface area contributed by atoms with Crippen LogP contribution in [-0.4, -0.2) is 37.0 Å². The van der Waals surface area contributed by atoms with Crippen LogP contribution < -0.4 is 0 Å². The molecule has 0 N–H and O–H groups in total. The van der Waals surface area contributed by atoms with Crippen molar-refractivity contribution in [3.8, 4) is 0 Å². The molecule has 6 heteroatoms. The molecular weight excluding hydrogens is 326 g/mol. The van der Waals surface area contributed by atoms with E-state index in [1.165, 1.54) is 5.56 Å². The SMILES string of the molecule is CN(Cc1nccn1Cc1ccccc1)C(=O)c1ccn2nccc2c1. The molecule has 0 radical (unpaired) electrons. The molecule has 4 rings (SSSR count). The van der Waals surface area contributed by atoms with Crippen LogP contribution in [0.25, 0.3) is 5.52 Å². The summed E-state index contributed by atoms with van der Waals surface area (Å²) in [7, 11) is 1.80. The van der Waals surface area contributed by atoms with Crippen LogP contribution in [0.2, 0.25) is 0 Å². The molecule has 3 aromatic heterocycles. The van der Waals surface area contributed by atoms with Crippen molar-refractivity contribution in [2.45, 2.75) is 13.1 Å². The number of carbonyl (C=O) groups is 1. The summed E-state index contributed by atoms with van der Waals surface area (Å²) in [5.74, 6) is 0.818. The molecule has 0 aliphatic carbocycles. The number of rotatable bonds is 5. The molecular formula is C20H19N5O. The third kappa shape index (κ3) is 3.21. The number of hydrogen-bond donors (Lipinski definition) is 0. The van der Waals surface area contributed by atoms with Crippen LogP contribution in [0.1, 0.15) is 21.7 Å². The van der Waals surface area contributed by atoms with Gasteiger partial charge in [-0.1, -0.05) is 30.3 Å². The molecule has 0 atom stereocenters. The first kappa shape index (κ1) is 16.1. The summed E-state index contributed by atoms with van der Waals surface area (Å²) < 4.78 is 3.81. The maximum Gasteiger partial charge on any atom is 0.254 e. The maximum atomic E-state index is 12.8. The van der Waals surface area contributed by atoms with Crippen LogP contribution in [0.4, 0.5) is 0 Å². The monoisotopic (exact) mass is 345 g/mol. The van der Waals surface area contributed by atoms with Crippen LogP contribution in [0, 0.1) is 0 Å². The number of benzene rings is 1. The highest BCUT2D eigenvalue weighted by Gasteiger charge is 2.15. The number of hydrogen-bond acceptors (Lipinski definition) is 3. The minimum absolute atomic E-state index is 0.0389. The van der Waals surface area contributed by atoms with Crippen LogP contribution in [0.5, 0.6) is 0 Å². The first-order chi connectivity index (χ1) is 12.7. The number of fused-ring (bicyclic) bond motifs is 1. The molecule has 0 bridgehead atoms.